The SMILES string of the molecule is CC(C)CCCCN1C(=O)C2(CCCCC2)NC(=O)C1C. The van der Waals surface area contributed by atoms with Crippen LogP contribution in [0.2, 0.25) is 0 Å². The number of amides is 2. The van der Waals surface area contributed by atoms with Gasteiger partial charge in [-0.15, -0.1) is 0 Å². The van der Waals surface area contributed by atoms with Gasteiger partial charge in [-0.25, -0.2) is 0 Å². The maximum atomic E-state index is 12.9. The van der Waals surface area contributed by atoms with Crippen LogP contribution in [0.15, 0.2) is 0 Å². The molecule has 1 N–H and O–H groups in total. The zero-order chi connectivity index (χ0) is 15.5. The van der Waals surface area contributed by atoms with Crippen LogP contribution in [-0.2, 0) is 9.59 Å². The summed E-state index contributed by atoms with van der Waals surface area (Å²) in [6.45, 7) is 7.02. The fourth-order valence-electron chi connectivity index (χ4n) is 3.61. The van der Waals surface area contributed by atoms with E-state index in [1.54, 1.807) is 0 Å². The van der Waals surface area contributed by atoms with Crippen LogP contribution in [-0.4, -0.2) is 34.8 Å². The molecule has 21 heavy (non-hydrogen) atoms. The standard InChI is InChI=1S/C17H30N2O2/c1-13(2)9-5-8-12-19-14(3)15(20)18-17(16(19)21)10-6-4-7-11-17/h13-14H,4-12H2,1-3H3,(H,18,20). The fourth-order valence-corrected chi connectivity index (χ4v) is 3.61. The molecule has 1 heterocycles. The van der Waals surface area contributed by atoms with Crippen molar-refractivity contribution in [1.82, 2.24) is 10.2 Å². The lowest BCUT2D eigenvalue weighted by Crippen LogP contribution is -2.70. The van der Waals surface area contributed by atoms with Gasteiger partial charge >= 0.3 is 0 Å². The third-order valence-electron chi connectivity index (χ3n) is 5.02. The highest BCUT2D eigenvalue weighted by molar-refractivity contribution is 5.99. The Morgan fingerprint density at radius 3 is 2.48 bits per heavy atom. The number of carbonyl (C=O) groups is 2. The van der Waals surface area contributed by atoms with Crippen molar-refractivity contribution in [3.63, 3.8) is 0 Å². The van der Waals surface area contributed by atoms with E-state index in [9.17, 15) is 9.59 Å². The maximum Gasteiger partial charge on any atom is 0.248 e. The molecule has 1 spiro atoms. The topological polar surface area (TPSA) is 49.4 Å². The van der Waals surface area contributed by atoms with E-state index in [2.05, 4.69) is 19.2 Å². The third-order valence-corrected chi connectivity index (χ3v) is 5.02. The molecule has 4 nitrogen and oxygen atoms in total. The van der Waals surface area contributed by atoms with Gasteiger partial charge in [0.2, 0.25) is 11.8 Å². The predicted molar refractivity (Wildman–Crippen MR) is 83.8 cm³/mol. The lowest BCUT2D eigenvalue weighted by atomic mass is 9.78. The van der Waals surface area contributed by atoms with E-state index >= 15 is 0 Å². The monoisotopic (exact) mass is 294 g/mol. The Kier molecular flexibility index (Phi) is 5.28. The van der Waals surface area contributed by atoms with Gasteiger partial charge in [0, 0.05) is 6.54 Å². The molecule has 1 aliphatic carbocycles. The zero-order valence-electron chi connectivity index (χ0n) is 13.8. The molecule has 2 amide bonds. The number of rotatable bonds is 5. The molecule has 0 aromatic carbocycles. The molecular weight excluding hydrogens is 264 g/mol. The summed E-state index contributed by atoms with van der Waals surface area (Å²) in [5, 5.41) is 3.04. The second kappa shape index (κ2) is 6.80. The third kappa shape index (κ3) is 3.58. The Hall–Kier alpha value is -1.06. The van der Waals surface area contributed by atoms with E-state index < -0.39 is 5.54 Å². The van der Waals surface area contributed by atoms with Crippen LogP contribution in [0.4, 0.5) is 0 Å². The van der Waals surface area contributed by atoms with E-state index in [1.807, 2.05) is 11.8 Å². The van der Waals surface area contributed by atoms with Crippen LogP contribution in [0.5, 0.6) is 0 Å². The lowest BCUT2D eigenvalue weighted by molar-refractivity contribution is -0.156. The molecule has 1 saturated heterocycles. The number of carbonyl (C=O) groups excluding carboxylic acids is 2. The molecule has 4 heteroatoms. The smallest absolute Gasteiger partial charge is 0.248 e. The highest BCUT2D eigenvalue weighted by atomic mass is 16.2. The lowest BCUT2D eigenvalue weighted by Gasteiger charge is -2.47. The summed E-state index contributed by atoms with van der Waals surface area (Å²) < 4.78 is 0. The molecule has 2 fully saturated rings. The number of hydrogen-bond donors (Lipinski definition) is 1. The molecule has 1 saturated carbocycles. The normalized spacial score (nSPS) is 25.5. The van der Waals surface area contributed by atoms with E-state index in [0.717, 1.165) is 45.1 Å². The van der Waals surface area contributed by atoms with Crippen LogP contribution < -0.4 is 5.32 Å². The fraction of sp³-hybridized carbons (Fsp3) is 0.882. The molecule has 1 atom stereocenters. The summed E-state index contributed by atoms with van der Waals surface area (Å²) in [6, 6.07) is -0.316. The van der Waals surface area contributed by atoms with Gasteiger partial charge in [0.1, 0.15) is 11.6 Å². The predicted octanol–water partition coefficient (Wildman–Crippen LogP) is 2.86. The number of unbranched alkanes of at least 4 members (excludes halogenated alkanes) is 1. The van der Waals surface area contributed by atoms with Gasteiger partial charge in [0.05, 0.1) is 0 Å². The van der Waals surface area contributed by atoms with E-state index in [0.29, 0.717) is 5.92 Å². The van der Waals surface area contributed by atoms with Gasteiger partial charge in [-0.2, -0.15) is 0 Å². The summed E-state index contributed by atoms with van der Waals surface area (Å²) in [5.74, 6) is 0.895. The second-order valence-electron chi connectivity index (χ2n) is 7.20. The minimum Gasteiger partial charge on any atom is -0.340 e. The Morgan fingerprint density at radius 1 is 1.19 bits per heavy atom. The van der Waals surface area contributed by atoms with Crippen molar-refractivity contribution in [2.75, 3.05) is 6.54 Å². The first-order valence-corrected chi connectivity index (χ1v) is 8.59. The molecule has 1 aliphatic heterocycles. The minimum absolute atomic E-state index is 0.0281. The number of nitrogens with zero attached hydrogens (tertiary/aromatic N) is 1. The summed E-state index contributed by atoms with van der Waals surface area (Å²) in [4.78, 5) is 27.0. The van der Waals surface area contributed by atoms with Crippen molar-refractivity contribution in [3.05, 3.63) is 0 Å². The van der Waals surface area contributed by atoms with Gasteiger partial charge in [-0.3, -0.25) is 9.59 Å². The molecule has 120 valence electrons. The van der Waals surface area contributed by atoms with Crippen LogP contribution in [0.3, 0.4) is 0 Å². The van der Waals surface area contributed by atoms with E-state index in [-0.39, 0.29) is 17.9 Å². The molecule has 2 aliphatic rings. The summed E-state index contributed by atoms with van der Waals surface area (Å²) in [5.41, 5.74) is -0.583. The average molecular weight is 294 g/mol. The van der Waals surface area contributed by atoms with Crippen molar-refractivity contribution in [2.24, 2.45) is 5.92 Å². The van der Waals surface area contributed by atoms with Crippen LogP contribution in [0.1, 0.15) is 72.1 Å². The van der Waals surface area contributed by atoms with Crippen LogP contribution in [0, 0.1) is 5.92 Å². The number of piperazine rings is 1. The molecule has 0 aromatic heterocycles. The van der Waals surface area contributed by atoms with E-state index in [4.69, 9.17) is 0 Å². The molecule has 1 unspecified atom stereocenters. The average Bonchev–Trinajstić information content (AvgIpc) is 2.45. The first-order valence-electron chi connectivity index (χ1n) is 8.59. The summed E-state index contributed by atoms with van der Waals surface area (Å²) in [6.07, 6.45) is 8.20. The van der Waals surface area contributed by atoms with Crippen molar-refractivity contribution >= 4 is 11.8 Å². The van der Waals surface area contributed by atoms with Crippen molar-refractivity contribution in [2.45, 2.75) is 83.7 Å². The van der Waals surface area contributed by atoms with Crippen LogP contribution >= 0.6 is 0 Å². The molecule has 0 aromatic rings. The second-order valence-corrected chi connectivity index (χ2v) is 7.20. The summed E-state index contributed by atoms with van der Waals surface area (Å²) in [7, 11) is 0. The number of nitrogens with one attached hydrogen (secondary N) is 1. The van der Waals surface area contributed by atoms with Crippen molar-refractivity contribution in [1.29, 1.82) is 0 Å². The first kappa shape index (κ1) is 16.3. The molecule has 0 bridgehead atoms. The van der Waals surface area contributed by atoms with Crippen molar-refractivity contribution in [3.8, 4) is 0 Å². The highest BCUT2D eigenvalue weighted by Gasteiger charge is 2.49. The van der Waals surface area contributed by atoms with Gasteiger partial charge < -0.3 is 10.2 Å². The van der Waals surface area contributed by atoms with Gasteiger partial charge in [0.25, 0.3) is 0 Å². The Labute approximate surface area is 128 Å². The Morgan fingerprint density at radius 2 is 1.86 bits per heavy atom. The van der Waals surface area contributed by atoms with Gasteiger partial charge in [-0.1, -0.05) is 46.0 Å². The highest BCUT2D eigenvalue weighted by Crippen LogP contribution is 2.33. The molecular formula is C17H30N2O2. The first-order chi connectivity index (χ1) is 9.96. The Balaban J connectivity index is 2.00. The number of hydrogen-bond acceptors (Lipinski definition) is 2. The molecule has 0 radical (unpaired) electrons. The summed E-state index contributed by atoms with van der Waals surface area (Å²) >= 11 is 0. The zero-order valence-corrected chi connectivity index (χ0v) is 13.8. The minimum atomic E-state index is -0.583. The quantitative estimate of drug-likeness (QED) is 0.793. The maximum absolute atomic E-state index is 12.9. The van der Waals surface area contributed by atoms with E-state index in [1.165, 1.54) is 12.8 Å². The van der Waals surface area contributed by atoms with Crippen LogP contribution in [0.25, 0.3) is 0 Å². The largest absolute Gasteiger partial charge is 0.340 e. The molecule has 2 rings (SSSR count). The van der Waals surface area contributed by atoms with Gasteiger partial charge in [0.15, 0.2) is 0 Å². The van der Waals surface area contributed by atoms with Gasteiger partial charge in [-0.05, 0) is 32.1 Å². The Bertz CT molecular complexity index is 386. The van der Waals surface area contributed by atoms with Crippen molar-refractivity contribution < 1.29 is 9.59 Å².